The highest BCUT2D eigenvalue weighted by atomic mass is 15.1. The van der Waals surface area contributed by atoms with Gasteiger partial charge in [-0.15, -0.1) is 0 Å². The lowest BCUT2D eigenvalue weighted by atomic mass is 9.80. The van der Waals surface area contributed by atoms with Crippen molar-refractivity contribution in [2.24, 2.45) is 11.8 Å². The molecule has 3 aromatic heterocycles. The second-order valence-electron chi connectivity index (χ2n) is 11.9. The summed E-state index contributed by atoms with van der Waals surface area (Å²) in [5.74, 6) is 3.74. The number of aromatic nitrogens is 6. The van der Waals surface area contributed by atoms with E-state index in [2.05, 4.69) is 68.1 Å². The van der Waals surface area contributed by atoms with Gasteiger partial charge in [0.25, 0.3) is 0 Å². The van der Waals surface area contributed by atoms with E-state index in [9.17, 15) is 0 Å². The van der Waals surface area contributed by atoms with Crippen molar-refractivity contribution < 1.29 is 0 Å². The molecule has 8 nitrogen and oxygen atoms in total. The highest BCUT2D eigenvalue weighted by Crippen LogP contribution is 2.45. The molecule has 0 amide bonds. The van der Waals surface area contributed by atoms with Gasteiger partial charge in [-0.2, -0.15) is 0 Å². The summed E-state index contributed by atoms with van der Waals surface area (Å²) in [5, 5.41) is 7.39. The number of nitrogens with zero attached hydrogens (tertiary/aromatic N) is 4. The van der Waals surface area contributed by atoms with Crippen LogP contribution < -0.4 is 10.6 Å². The minimum absolute atomic E-state index is 0.333. The Morgan fingerprint density at radius 2 is 1.31 bits per heavy atom. The molecule has 4 fully saturated rings. The second-order valence-corrected chi connectivity index (χ2v) is 11.9. The van der Waals surface area contributed by atoms with Crippen LogP contribution in [0.25, 0.3) is 44.8 Å². The smallest absolute Gasteiger partial charge is 0.123 e. The Kier molecular flexibility index (Phi) is 4.68. The Labute approximate surface area is 226 Å². The summed E-state index contributed by atoms with van der Waals surface area (Å²) in [7, 11) is 0. The topological polar surface area (TPSA) is 107 Å². The number of hydrogen-bond acceptors (Lipinski definition) is 6. The number of nitrogens with one attached hydrogen (secondary N) is 4. The number of hydrogen-bond donors (Lipinski definition) is 4. The van der Waals surface area contributed by atoms with Crippen molar-refractivity contribution >= 4 is 11.0 Å². The van der Waals surface area contributed by atoms with Gasteiger partial charge in [-0.05, 0) is 72.8 Å². The summed E-state index contributed by atoms with van der Waals surface area (Å²) in [5.41, 5.74) is 7.99. The van der Waals surface area contributed by atoms with E-state index in [4.69, 9.17) is 15.0 Å². The van der Waals surface area contributed by atoms with E-state index >= 15 is 0 Å². The van der Waals surface area contributed by atoms with Gasteiger partial charge in [-0.1, -0.05) is 30.3 Å². The molecule has 5 aromatic rings. The Morgan fingerprint density at radius 3 is 2.03 bits per heavy atom. The summed E-state index contributed by atoms with van der Waals surface area (Å²) in [6.45, 7) is 0. The Bertz CT molecular complexity index is 1680. The number of benzene rings is 2. The summed E-state index contributed by atoms with van der Waals surface area (Å²) in [6.07, 6.45) is 12.0. The molecule has 2 aliphatic carbocycles. The van der Waals surface area contributed by atoms with Gasteiger partial charge in [0.15, 0.2) is 0 Å². The number of aromatic amines is 2. The predicted molar refractivity (Wildman–Crippen MR) is 150 cm³/mol. The van der Waals surface area contributed by atoms with Crippen molar-refractivity contribution in [1.29, 1.82) is 0 Å². The summed E-state index contributed by atoms with van der Waals surface area (Å²) in [6, 6.07) is 17.0. The van der Waals surface area contributed by atoms with Crippen LogP contribution in [0.4, 0.5) is 0 Å². The molecule has 5 heterocycles. The zero-order valence-corrected chi connectivity index (χ0v) is 21.6. The van der Waals surface area contributed by atoms with Crippen LogP contribution in [0, 0.1) is 11.8 Å². The lowest BCUT2D eigenvalue weighted by molar-refractivity contribution is 0.276. The molecule has 8 heteroatoms. The fourth-order valence-corrected chi connectivity index (χ4v) is 6.89. The number of H-pyrrole nitrogens is 2. The van der Waals surface area contributed by atoms with E-state index in [-0.39, 0.29) is 0 Å². The lowest BCUT2D eigenvalue weighted by Crippen LogP contribution is -2.35. The number of imidazole rings is 2. The van der Waals surface area contributed by atoms with E-state index < -0.39 is 0 Å². The van der Waals surface area contributed by atoms with E-state index in [0.717, 1.165) is 68.3 Å². The Balaban J connectivity index is 0.930. The van der Waals surface area contributed by atoms with Crippen LogP contribution in [0.1, 0.15) is 55.8 Å². The third-order valence-electron chi connectivity index (χ3n) is 9.45. The number of piperidine rings is 1. The molecule has 9 rings (SSSR count). The zero-order chi connectivity index (χ0) is 25.5. The average Bonchev–Trinajstić information content (AvgIpc) is 3.46. The van der Waals surface area contributed by atoms with Gasteiger partial charge in [0.1, 0.15) is 17.3 Å². The van der Waals surface area contributed by atoms with Crippen LogP contribution in [0.2, 0.25) is 0 Å². The minimum atomic E-state index is 0.333. The molecule has 0 bridgehead atoms. The highest BCUT2D eigenvalue weighted by Gasteiger charge is 2.46. The lowest BCUT2D eigenvalue weighted by Gasteiger charge is -2.29. The van der Waals surface area contributed by atoms with Gasteiger partial charge in [0, 0.05) is 12.1 Å². The predicted octanol–water partition coefficient (Wildman–Crippen LogP) is 5.31. The summed E-state index contributed by atoms with van der Waals surface area (Å²) < 4.78 is 0. The van der Waals surface area contributed by atoms with Gasteiger partial charge in [0.05, 0.1) is 53.1 Å². The largest absolute Gasteiger partial charge is 0.341 e. The van der Waals surface area contributed by atoms with Crippen molar-refractivity contribution in [3.63, 3.8) is 0 Å². The monoisotopic (exact) mass is 514 g/mol. The van der Waals surface area contributed by atoms with Gasteiger partial charge in [0.2, 0.25) is 0 Å². The summed E-state index contributed by atoms with van der Waals surface area (Å²) >= 11 is 0. The third-order valence-corrected chi connectivity index (χ3v) is 9.45. The molecule has 4 aliphatic rings. The minimum Gasteiger partial charge on any atom is -0.341 e. The molecule has 0 radical (unpaired) electrons. The molecule has 2 aromatic carbocycles. The molecule has 2 aliphatic heterocycles. The van der Waals surface area contributed by atoms with Crippen molar-refractivity contribution in [2.75, 3.05) is 0 Å². The maximum Gasteiger partial charge on any atom is 0.123 e. The van der Waals surface area contributed by atoms with Crippen molar-refractivity contribution in [2.45, 2.75) is 56.3 Å². The van der Waals surface area contributed by atoms with Crippen LogP contribution in [0.5, 0.6) is 0 Å². The SMILES string of the molecule is c1cc(-c2cnc([C@@H]3C[C@H]4CC[C@H]4N3)[nH]2)ccc1-c1ccc2nc(-c3cnc([C@@H]4C[C@H]5C[C@H]5N4)[nH]3)cnc2c1. The van der Waals surface area contributed by atoms with Crippen molar-refractivity contribution in [3.05, 3.63) is 72.7 Å². The molecule has 0 spiro atoms. The first-order valence-electron chi connectivity index (χ1n) is 14.2. The molecule has 194 valence electrons. The highest BCUT2D eigenvalue weighted by molar-refractivity contribution is 5.83. The molecular formula is C31H30N8. The summed E-state index contributed by atoms with van der Waals surface area (Å²) in [4.78, 5) is 26.0. The Morgan fingerprint density at radius 1 is 0.590 bits per heavy atom. The van der Waals surface area contributed by atoms with Crippen molar-refractivity contribution in [3.8, 4) is 33.8 Å². The maximum absolute atomic E-state index is 4.88. The van der Waals surface area contributed by atoms with Crippen LogP contribution >= 0.6 is 0 Å². The van der Waals surface area contributed by atoms with Crippen LogP contribution in [0.15, 0.2) is 61.1 Å². The van der Waals surface area contributed by atoms with E-state index in [1.165, 1.54) is 32.1 Å². The van der Waals surface area contributed by atoms with Crippen LogP contribution in [0.3, 0.4) is 0 Å². The molecule has 2 saturated carbocycles. The van der Waals surface area contributed by atoms with Gasteiger partial charge >= 0.3 is 0 Å². The molecule has 4 N–H and O–H groups in total. The quantitative estimate of drug-likeness (QED) is 0.253. The molecule has 0 unspecified atom stereocenters. The molecule has 2 saturated heterocycles. The first-order valence-corrected chi connectivity index (χ1v) is 14.2. The number of fused-ring (bicyclic) bond motifs is 3. The van der Waals surface area contributed by atoms with Gasteiger partial charge < -0.3 is 20.6 Å². The molecule has 6 atom stereocenters. The number of rotatable bonds is 5. The zero-order valence-electron chi connectivity index (χ0n) is 21.6. The van der Waals surface area contributed by atoms with Crippen LogP contribution in [-0.4, -0.2) is 42.0 Å². The normalized spacial score (nSPS) is 28.8. The first-order chi connectivity index (χ1) is 19.2. The van der Waals surface area contributed by atoms with E-state index in [1.807, 2.05) is 18.6 Å². The van der Waals surface area contributed by atoms with E-state index in [0.29, 0.717) is 24.2 Å². The van der Waals surface area contributed by atoms with Crippen LogP contribution in [-0.2, 0) is 0 Å². The second kappa shape index (κ2) is 8.31. The first kappa shape index (κ1) is 22.0. The average molecular weight is 515 g/mol. The van der Waals surface area contributed by atoms with Crippen molar-refractivity contribution in [1.82, 2.24) is 40.5 Å². The fourth-order valence-electron chi connectivity index (χ4n) is 6.89. The molecular weight excluding hydrogens is 484 g/mol. The maximum atomic E-state index is 4.88. The van der Waals surface area contributed by atoms with E-state index in [1.54, 1.807) is 0 Å². The molecule has 39 heavy (non-hydrogen) atoms. The fraction of sp³-hybridized carbons (Fsp3) is 0.355. The van der Waals surface area contributed by atoms with Gasteiger partial charge in [-0.25, -0.2) is 15.0 Å². The standard InChI is InChI=1S/C31H30N8/c1-3-17(27-13-33-30(38-27)25-10-19-6-7-21(19)35-25)4-2-16(1)18-5-8-22-24(9-18)32-14-28(36-22)29-15-34-31(39-29)26-12-20-11-23(20)37-26/h1-5,8-9,13-15,19-21,23,25-26,35,37H,6-7,10-12H2,(H,33,38)(H,34,39)/t19-,20-,21-,23-,25+,26+/m1/s1. The third kappa shape index (κ3) is 3.73. The Hall–Kier alpha value is -3.88. The van der Waals surface area contributed by atoms with Gasteiger partial charge in [-0.3, -0.25) is 4.98 Å².